The molecule has 0 amide bonds. The third-order valence-corrected chi connectivity index (χ3v) is 3.41. The maximum Gasteiger partial charge on any atom is 0.132 e. The number of hydrogen-bond donors (Lipinski definition) is 1. The van der Waals surface area contributed by atoms with Gasteiger partial charge in [-0.3, -0.25) is 0 Å². The lowest BCUT2D eigenvalue weighted by molar-refractivity contribution is 0.462. The van der Waals surface area contributed by atoms with E-state index in [1.165, 1.54) is 0 Å². The van der Waals surface area contributed by atoms with Crippen LogP contribution in [0.1, 0.15) is 29.7 Å². The van der Waals surface area contributed by atoms with Crippen LogP contribution in [0.3, 0.4) is 0 Å². The van der Waals surface area contributed by atoms with Crippen molar-refractivity contribution in [2.45, 2.75) is 26.8 Å². The van der Waals surface area contributed by atoms with E-state index in [1.54, 1.807) is 19.1 Å². The quantitative estimate of drug-likeness (QED) is 0.884. The van der Waals surface area contributed by atoms with Crippen LogP contribution in [0.15, 0.2) is 36.4 Å². The summed E-state index contributed by atoms with van der Waals surface area (Å²) in [6, 6.07) is 11.1. The van der Waals surface area contributed by atoms with Gasteiger partial charge in [0.1, 0.15) is 17.3 Å². The lowest BCUT2D eigenvalue weighted by Crippen LogP contribution is -2.13. The van der Waals surface area contributed by atoms with Crippen molar-refractivity contribution >= 4 is 0 Å². The molecule has 1 N–H and O–H groups in total. The van der Waals surface area contributed by atoms with Gasteiger partial charge in [0, 0.05) is 11.6 Å². The maximum absolute atomic E-state index is 13.8. The molecule has 0 aliphatic carbocycles. The minimum atomic E-state index is -0.210. The SMILES string of the molecule is CNC(C)c1cc(F)c(C)cc1Oc1cccc(C)c1. The van der Waals surface area contributed by atoms with E-state index in [0.717, 1.165) is 16.9 Å². The summed E-state index contributed by atoms with van der Waals surface area (Å²) >= 11 is 0. The van der Waals surface area contributed by atoms with Crippen LogP contribution in [-0.4, -0.2) is 7.05 Å². The summed E-state index contributed by atoms with van der Waals surface area (Å²) in [5.41, 5.74) is 2.53. The Morgan fingerprint density at radius 2 is 1.90 bits per heavy atom. The molecule has 3 heteroatoms. The lowest BCUT2D eigenvalue weighted by atomic mass is 10.0. The Balaban J connectivity index is 2.41. The van der Waals surface area contributed by atoms with Crippen LogP contribution < -0.4 is 10.1 Å². The van der Waals surface area contributed by atoms with Crippen LogP contribution in [0, 0.1) is 19.7 Å². The molecule has 2 aromatic rings. The first-order valence-corrected chi connectivity index (χ1v) is 6.73. The number of aryl methyl sites for hydroxylation is 2. The molecule has 2 aromatic carbocycles. The molecule has 0 heterocycles. The Bertz CT molecular complexity index is 610. The van der Waals surface area contributed by atoms with Crippen LogP contribution in [0.2, 0.25) is 0 Å². The topological polar surface area (TPSA) is 21.3 Å². The first-order valence-electron chi connectivity index (χ1n) is 6.73. The average Bonchev–Trinajstić information content (AvgIpc) is 2.42. The normalized spacial score (nSPS) is 12.2. The Labute approximate surface area is 119 Å². The van der Waals surface area contributed by atoms with Gasteiger partial charge in [-0.1, -0.05) is 12.1 Å². The average molecular weight is 273 g/mol. The predicted octanol–water partition coefficient (Wildman–Crippen LogP) is 4.52. The smallest absolute Gasteiger partial charge is 0.132 e. The largest absolute Gasteiger partial charge is 0.457 e. The minimum Gasteiger partial charge on any atom is -0.457 e. The summed E-state index contributed by atoms with van der Waals surface area (Å²) in [4.78, 5) is 0. The minimum absolute atomic E-state index is 0.0184. The van der Waals surface area contributed by atoms with Crippen molar-refractivity contribution < 1.29 is 9.13 Å². The fourth-order valence-electron chi connectivity index (χ4n) is 2.06. The Morgan fingerprint density at radius 3 is 2.55 bits per heavy atom. The fourth-order valence-corrected chi connectivity index (χ4v) is 2.06. The number of ether oxygens (including phenoxy) is 1. The molecule has 0 saturated heterocycles. The fraction of sp³-hybridized carbons (Fsp3) is 0.294. The molecule has 2 nitrogen and oxygen atoms in total. The van der Waals surface area contributed by atoms with Crippen LogP contribution in [0.4, 0.5) is 4.39 Å². The van der Waals surface area contributed by atoms with Crippen LogP contribution in [-0.2, 0) is 0 Å². The zero-order chi connectivity index (χ0) is 14.7. The molecular weight excluding hydrogens is 253 g/mol. The highest BCUT2D eigenvalue weighted by Gasteiger charge is 2.14. The van der Waals surface area contributed by atoms with Gasteiger partial charge in [0.15, 0.2) is 0 Å². The van der Waals surface area contributed by atoms with Crippen molar-refractivity contribution in [1.82, 2.24) is 5.32 Å². The molecular formula is C17H20FNO. The summed E-state index contributed by atoms with van der Waals surface area (Å²) in [5.74, 6) is 1.25. The number of nitrogens with one attached hydrogen (secondary N) is 1. The van der Waals surface area contributed by atoms with Crippen molar-refractivity contribution in [2.24, 2.45) is 0 Å². The molecule has 0 saturated carbocycles. The summed E-state index contributed by atoms with van der Waals surface area (Å²) in [6.07, 6.45) is 0. The number of halogens is 1. The van der Waals surface area contributed by atoms with Gasteiger partial charge in [0.25, 0.3) is 0 Å². The second kappa shape index (κ2) is 6.06. The second-order valence-corrected chi connectivity index (χ2v) is 5.07. The second-order valence-electron chi connectivity index (χ2n) is 5.07. The standard InChI is InChI=1S/C17H20FNO/c1-11-6-5-7-14(8-11)20-17-9-12(2)16(18)10-15(17)13(3)19-4/h5-10,13,19H,1-4H3. The van der Waals surface area contributed by atoms with E-state index < -0.39 is 0 Å². The van der Waals surface area contributed by atoms with Crippen molar-refractivity contribution in [3.8, 4) is 11.5 Å². The molecule has 20 heavy (non-hydrogen) atoms. The lowest BCUT2D eigenvalue weighted by Gasteiger charge is -2.17. The van der Waals surface area contributed by atoms with Gasteiger partial charge in [0.05, 0.1) is 0 Å². The molecule has 0 fully saturated rings. The zero-order valence-corrected chi connectivity index (χ0v) is 12.3. The monoisotopic (exact) mass is 273 g/mol. The highest BCUT2D eigenvalue weighted by molar-refractivity contribution is 5.43. The molecule has 2 rings (SSSR count). The van der Waals surface area contributed by atoms with E-state index >= 15 is 0 Å². The molecule has 106 valence electrons. The van der Waals surface area contributed by atoms with Crippen molar-refractivity contribution in [1.29, 1.82) is 0 Å². The Kier molecular flexibility index (Phi) is 4.40. The van der Waals surface area contributed by atoms with Crippen LogP contribution in [0.25, 0.3) is 0 Å². The van der Waals surface area contributed by atoms with Crippen molar-refractivity contribution in [3.05, 3.63) is 58.9 Å². The molecule has 0 spiro atoms. The van der Waals surface area contributed by atoms with E-state index in [0.29, 0.717) is 11.3 Å². The highest BCUT2D eigenvalue weighted by atomic mass is 19.1. The van der Waals surface area contributed by atoms with Crippen LogP contribution >= 0.6 is 0 Å². The van der Waals surface area contributed by atoms with Gasteiger partial charge >= 0.3 is 0 Å². The molecule has 0 aromatic heterocycles. The first kappa shape index (κ1) is 14.5. The van der Waals surface area contributed by atoms with Gasteiger partial charge in [0.2, 0.25) is 0 Å². The molecule has 0 aliphatic rings. The summed E-state index contributed by atoms with van der Waals surface area (Å²) < 4.78 is 19.7. The van der Waals surface area contributed by atoms with E-state index in [4.69, 9.17) is 4.74 Å². The van der Waals surface area contributed by atoms with Gasteiger partial charge in [-0.25, -0.2) is 4.39 Å². The van der Waals surface area contributed by atoms with Gasteiger partial charge < -0.3 is 10.1 Å². The zero-order valence-electron chi connectivity index (χ0n) is 12.3. The molecule has 0 radical (unpaired) electrons. The number of rotatable bonds is 4. The summed E-state index contributed by atoms with van der Waals surface area (Å²) in [7, 11) is 1.85. The van der Waals surface area contributed by atoms with Gasteiger partial charge in [-0.2, -0.15) is 0 Å². The van der Waals surface area contributed by atoms with Crippen molar-refractivity contribution in [3.63, 3.8) is 0 Å². The molecule has 1 unspecified atom stereocenters. The maximum atomic E-state index is 13.8. The van der Waals surface area contributed by atoms with Gasteiger partial charge in [-0.15, -0.1) is 0 Å². The number of benzene rings is 2. The Hall–Kier alpha value is -1.87. The van der Waals surface area contributed by atoms with E-state index in [2.05, 4.69) is 5.32 Å². The van der Waals surface area contributed by atoms with E-state index in [1.807, 2.05) is 45.2 Å². The van der Waals surface area contributed by atoms with Gasteiger partial charge in [-0.05, 0) is 63.2 Å². The van der Waals surface area contributed by atoms with Crippen LogP contribution in [0.5, 0.6) is 11.5 Å². The van der Waals surface area contributed by atoms with E-state index in [-0.39, 0.29) is 11.9 Å². The predicted molar refractivity (Wildman–Crippen MR) is 79.9 cm³/mol. The highest BCUT2D eigenvalue weighted by Crippen LogP contribution is 2.32. The molecule has 1 atom stereocenters. The Morgan fingerprint density at radius 1 is 1.15 bits per heavy atom. The third-order valence-electron chi connectivity index (χ3n) is 3.41. The molecule has 0 bridgehead atoms. The first-order chi connectivity index (χ1) is 9.51. The summed E-state index contributed by atoms with van der Waals surface area (Å²) in [5, 5.41) is 3.12. The third kappa shape index (κ3) is 3.17. The van der Waals surface area contributed by atoms with E-state index in [9.17, 15) is 4.39 Å². The number of hydrogen-bond acceptors (Lipinski definition) is 2. The molecule has 0 aliphatic heterocycles. The van der Waals surface area contributed by atoms with Crippen molar-refractivity contribution in [2.75, 3.05) is 7.05 Å². The summed E-state index contributed by atoms with van der Waals surface area (Å²) in [6.45, 7) is 5.74.